The second-order valence-corrected chi connectivity index (χ2v) is 5.14. The summed E-state index contributed by atoms with van der Waals surface area (Å²) in [6, 6.07) is 18.2. The van der Waals surface area contributed by atoms with Crippen molar-refractivity contribution < 1.29 is 4.74 Å². The molecule has 2 aromatic rings. The maximum atomic E-state index is 6.20. The minimum absolute atomic E-state index is 0.360. The summed E-state index contributed by atoms with van der Waals surface area (Å²) in [7, 11) is 1.98. The number of likely N-dealkylation sites (N-methyl/N-ethyl adjacent to an activating group) is 1. The van der Waals surface area contributed by atoms with Gasteiger partial charge in [0.25, 0.3) is 0 Å². The minimum atomic E-state index is 0.360. The molecule has 0 aromatic heterocycles. The van der Waals surface area contributed by atoms with Crippen molar-refractivity contribution in [2.75, 3.05) is 13.7 Å². The van der Waals surface area contributed by atoms with E-state index in [1.54, 1.807) is 0 Å². The predicted octanol–water partition coefficient (Wildman–Crippen LogP) is 3.94. The van der Waals surface area contributed by atoms with Gasteiger partial charge < -0.3 is 10.1 Å². The van der Waals surface area contributed by atoms with Crippen molar-refractivity contribution in [1.82, 2.24) is 5.32 Å². The van der Waals surface area contributed by atoms with E-state index in [1.165, 1.54) is 5.56 Å². The highest BCUT2D eigenvalue weighted by atomic mass is 35.5. The molecule has 1 unspecified atom stereocenters. The van der Waals surface area contributed by atoms with Gasteiger partial charge in [0, 0.05) is 11.1 Å². The second-order valence-electron chi connectivity index (χ2n) is 4.73. The Kier molecular flexibility index (Phi) is 5.90. The van der Waals surface area contributed by atoms with Gasteiger partial charge in [0.15, 0.2) is 0 Å². The first kappa shape index (κ1) is 14.9. The molecule has 0 bridgehead atoms. The van der Waals surface area contributed by atoms with E-state index < -0.39 is 0 Å². The molecule has 0 saturated carbocycles. The topological polar surface area (TPSA) is 21.3 Å². The number of rotatable bonds is 7. The van der Waals surface area contributed by atoms with Crippen LogP contribution in [0.5, 0.6) is 5.75 Å². The van der Waals surface area contributed by atoms with Crippen LogP contribution < -0.4 is 10.1 Å². The van der Waals surface area contributed by atoms with Crippen LogP contribution in [0.3, 0.4) is 0 Å². The van der Waals surface area contributed by atoms with Crippen molar-refractivity contribution in [2.24, 2.45) is 0 Å². The summed E-state index contributed by atoms with van der Waals surface area (Å²) in [5.74, 6) is 0.917. The summed E-state index contributed by atoms with van der Waals surface area (Å²) in [6.45, 7) is 0.694. The molecule has 2 aromatic carbocycles. The van der Waals surface area contributed by atoms with Gasteiger partial charge in [0.05, 0.1) is 6.61 Å². The Bertz CT molecular complexity index is 515. The van der Waals surface area contributed by atoms with Crippen molar-refractivity contribution in [3.05, 3.63) is 65.2 Å². The molecule has 0 heterocycles. The van der Waals surface area contributed by atoms with Gasteiger partial charge in [-0.05, 0) is 43.7 Å². The quantitative estimate of drug-likeness (QED) is 0.833. The van der Waals surface area contributed by atoms with Crippen LogP contribution in [0.15, 0.2) is 54.6 Å². The van der Waals surface area contributed by atoms with Crippen LogP contribution in [0.25, 0.3) is 0 Å². The van der Waals surface area contributed by atoms with E-state index in [4.69, 9.17) is 16.3 Å². The van der Waals surface area contributed by atoms with Gasteiger partial charge in [-0.25, -0.2) is 0 Å². The van der Waals surface area contributed by atoms with E-state index in [-0.39, 0.29) is 0 Å². The van der Waals surface area contributed by atoms with Crippen LogP contribution in [-0.2, 0) is 6.42 Å². The third-order valence-corrected chi connectivity index (χ3v) is 3.68. The molecule has 0 aliphatic rings. The number of nitrogens with one attached hydrogen (secondary N) is 1. The summed E-state index contributed by atoms with van der Waals surface area (Å²) in [5, 5.41) is 4.16. The Labute approximate surface area is 125 Å². The Hall–Kier alpha value is -1.51. The molecule has 0 aliphatic carbocycles. The average Bonchev–Trinajstić information content (AvgIpc) is 2.49. The molecule has 0 aliphatic heterocycles. The monoisotopic (exact) mass is 289 g/mol. The van der Waals surface area contributed by atoms with Gasteiger partial charge >= 0.3 is 0 Å². The number of benzene rings is 2. The fourth-order valence-electron chi connectivity index (χ4n) is 2.11. The standard InChI is InChI=1S/C17H20ClNO/c1-19-15(13-14-7-5-6-10-17(14)18)11-12-20-16-8-3-2-4-9-16/h2-10,15,19H,11-13H2,1H3. The van der Waals surface area contributed by atoms with E-state index in [9.17, 15) is 0 Å². The molecule has 1 N–H and O–H groups in total. The summed E-state index contributed by atoms with van der Waals surface area (Å²) < 4.78 is 5.73. The van der Waals surface area contributed by atoms with E-state index >= 15 is 0 Å². The van der Waals surface area contributed by atoms with Gasteiger partial charge in [0.1, 0.15) is 5.75 Å². The van der Waals surface area contributed by atoms with Gasteiger partial charge in [-0.2, -0.15) is 0 Å². The molecular formula is C17H20ClNO. The molecule has 20 heavy (non-hydrogen) atoms. The van der Waals surface area contributed by atoms with Gasteiger partial charge in [-0.3, -0.25) is 0 Å². The van der Waals surface area contributed by atoms with Crippen LogP contribution in [0.1, 0.15) is 12.0 Å². The van der Waals surface area contributed by atoms with Gasteiger partial charge in [0.2, 0.25) is 0 Å². The molecule has 0 spiro atoms. The lowest BCUT2D eigenvalue weighted by Crippen LogP contribution is -2.29. The SMILES string of the molecule is CNC(CCOc1ccccc1)Cc1ccccc1Cl. The first-order chi connectivity index (χ1) is 9.79. The largest absolute Gasteiger partial charge is 0.494 e. The van der Waals surface area contributed by atoms with Crippen molar-refractivity contribution in [2.45, 2.75) is 18.9 Å². The number of halogens is 1. The predicted molar refractivity (Wildman–Crippen MR) is 84.6 cm³/mol. The van der Waals surface area contributed by atoms with Gasteiger partial charge in [-0.15, -0.1) is 0 Å². The molecular weight excluding hydrogens is 270 g/mol. The Morgan fingerprint density at radius 3 is 2.45 bits per heavy atom. The van der Waals surface area contributed by atoms with Crippen LogP contribution in [-0.4, -0.2) is 19.7 Å². The van der Waals surface area contributed by atoms with Crippen molar-refractivity contribution in [1.29, 1.82) is 0 Å². The molecule has 3 heteroatoms. The van der Waals surface area contributed by atoms with Crippen LogP contribution >= 0.6 is 11.6 Å². The van der Waals surface area contributed by atoms with E-state index in [0.717, 1.165) is 23.6 Å². The zero-order chi connectivity index (χ0) is 14.2. The fraction of sp³-hybridized carbons (Fsp3) is 0.294. The Morgan fingerprint density at radius 1 is 1.05 bits per heavy atom. The van der Waals surface area contributed by atoms with Crippen molar-refractivity contribution in [3.63, 3.8) is 0 Å². The fourth-order valence-corrected chi connectivity index (χ4v) is 2.33. The number of hydrogen-bond acceptors (Lipinski definition) is 2. The summed E-state index contributed by atoms with van der Waals surface area (Å²) >= 11 is 6.20. The molecule has 1 atom stereocenters. The molecule has 2 nitrogen and oxygen atoms in total. The first-order valence-electron chi connectivity index (χ1n) is 6.88. The molecule has 0 amide bonds. The second kappa shape index (κ2) is 7.93. The van der Waals surface area contributed by atoms with E-state index in [2.05, 4.69) is 11.4 Å². The highest BCUT2D eigenvalue weighted by molar-refractivity contribution is 6.31. The zero-order valence-electron chi connectivity index (χ0n) is 11.7. The molecule has 2 rings (SSSR count). The number of ether oxygens (including phenoxy) is 1. The van der Waals surface area contributed by atoms with Gasteiger partial charge in [-0.1, -0.05) is 48.0 Å². The molecule has 0 radical (unpaired) electrons. The smallest absolute Gasteiger partial charge is 0.119 e. The molecule has 0 saturated heterocycles. The summed E-state index contributed by atoms with van der Waals surface area (Å²) in [5.41, 5.74) is 1.17. The molecule has 106 valence electrons. The highest BCUT2D eigenvalue weighted by Gasteiger charge is 2.09. The Balaban J connectivity index is 1.82. The third kappa shape index (κ3) is 4.55. The molecule has 0 fully saturated rings. The Morgan fingerprint density at radius 2 is 1.75 bits per heavy atom. The minimum Gasteiger partial charge on any atom is -0.494 e. The maximum absolute atomic E-state index is 6.20. The normalized spacial score (nSPS) is 12.1. The van der Waals surface area contributed by atoms with Crippen LogP contribution in [0, 0.1) is 0 Å². The number of hydrogen-bond donors (Lipinski definition) is 1. The summed E-state index contributed by atoms with van der Waals surface area (Å²) in [4.78, 5) is 0. The van der Waals surface area contributed by atoms with Crippen molar-refractivity contribution in [3.8, 4) is 5.75 Å². The van der Waals surface area contributed by atoms with E-state index in [1.807, 2.05) is 55.6 Å². The lowest BCUT2D eigenvalue weighted by Gasteiger charge is -2.17. The number of para-hydroxylation sites is 1. The van der Waals surface area contributed by atoms with Crippen molar-refractivity contribution >= 4 is 11.6 Å². The van der Waals surface area contributed by atoms with E-state index in [0.29, 0.717) is 12.6 Å². The highest BCUT2D eigenvalue weighted by Crippen LogP contribution is 2.17. The third-order valence-electron chi connectivity index (χ3n) is 3.31. The first-order valence-corrected chi connectivity index (χ1v) is 7.26. The summed E-state index contributed by atoms with van der Waals surface area (Å²) in [6.07, 6.45) is 1.85. The lowest BCUT2D eigenvalue weighted by atomic mass is 10.0. The van der Waals surface area contributed by atoms with Crippen LogP contribution in [0.2, 0.25) is 5.02 Å². The maximum Gasteiger partial charge on any atom is 0.119 e. The average molecular weight is 290 g/mol. The van der Waals surface area contributed by atoms with Crippen LogP contribution in [0.4, 0.5) is 0 Å². The zero-order valence-corrected chi connectivity index (χ0v) is 12.4. The lowest BCUT2D eigenvalue weighted by molar-refractivity contribution is 0.288.